The molecule has 0 atom stereocenters. The lowest BCUT2D eigenvalue weighted by Crippen LogP contribution is -2.35. The van der Waals surface area contributed by atoms with E-state index >= 15 is 0 Å². The van der Waals surface area contributed by atoms with Crippen LogP contribution in [0.5, 0.6) is 0 Å². The molecule has 0 bridgehead atoms. The Morgan fingerprint density at radius 2 is 2.36 bits per heavy atom. The Balaban J connectivity index is 1.88. The van der Waals surface area contributed by atoms with E-state index in [9.17, 15) is 0 Å². The average Bonchev–Trinajstić information content (AvgIpc) is 2.44. The van der Waals surface area contributed by atoms with Crippen molar-refractivity contribution in [2.75, 3.05) is 13.2 Å². The van der Waals surface area contributed by atoms with Crippen molar-refractivity contribution in [1.82, 2.24) is 0 Å². The summed E-state index contributed by atoms with van der Waals surface area (Å²) in [5, 5.41) is 0. The normalized spacial score (nSPS) is 17.0. The SMILES string of the molecule is Cc1oc(COC2COC2)cc1CN. The molecule has 78 valence electrons. The molecule has 0 saturated carbocycles. The summed E-state index contributed by atoms with van der Waals surface area (Å²) in [7, 11) is 0. The van der Waals surface area contributed by atoms with Crippen LogP contribution in [0.4, 0.5) is 0 Å². The van der Waals surface area contributed by atoms with Gasteiger partial charge in [-0.15, -0.1) is 0 Å². The highest BCUT2D eigenvalue weighted by Crippen LogP contribution is 2.16. The zero-order valence-corrected chi connectivity index (χ0v) is 8.29. The van der Waals surface area contributed by atoms with Crippen LogP contribution >= 0.6 is 0 Å². The lowest BCUT2D eigenvalue weighted by molar-refractivity contribution is -0.137. The van der Waals surface area contributed by atoms with Gasteiger partial charge in [-0.3, -0.25) is 0 Å². The van der Waals surface area contributed by atoms with Crippen LogP contribution in [0.15, 0.2) is 10.5 Å². The lowest BCUT2D eigenvalue weighted by Gasteiger charge is -2.25. The number of aryl methyl sites for hydroxylation is 1. The molecule has 2 heterocycles. The molecule has 0 radical (unpaired) electrons. The predicted octanol–water partition coefficient (Wildman–Crippen LogP) is 0.962. The first-order valence-electron chi connectivity index (χ1n) is 4.77. The molecule has 0 aliphatic carbocycles. The standard InChI is InChI=1S/C10H15NO3/c1-7-8(3-11)2-9(14-7)6-13-10-4-12-5-10/h2,10H,3-6,11H2,1H3. The quantitative estimate of drug-likeness (QED) is 0.781. The minimum Gasteiger partial charge on any atom is -0.464 e. The van der Waals surface area contributed by atoms with Crippen molar-refractivity contribution in [2.45, 2.75) is 26.2 Å². The van der Waals surface area contributed by atoms with Gasteiger partial charge < -0.3 is 19.6 Å². The Morgan fingerprint density at radius 1 is 1.57 bits per heavy atom. The van der Waals surface area contributed by atoms with Gasteiger partial charge in [0.05, 0.1) is 13.2 Å². The van der Waals surface area contributed by atoms with E-state index in [1.807, 2.05) is 13.0 Å². The van der Waals surface area contributed by atoms with E-state index < -0.39 is 0 Å². The molecule has 4 nitrogen and oxygen atoms in total. The van der Waals surface area contributed by atoms with Gasteiger partial charge in [0.15, 0.2) is 0 Å². The monoisotopic (exact) mass is 197 g/mol. The summed E-state index contributed by atoms with van der Waals surface area (Å²) < 4.78 is 16.0. The van der Waals surface area contributed by atoms with E-state index in [1.54, 1.807) is 0 Å². The van der Waals surface area contributed by atoms with Crippen LogP contribution in [-0.4, -0.2) is 19.3 Å². The predicted molar refractivity (Wildman–Crippen MR) is 50.7 cm³/mol. The van der Waals surface area contributed by atoms with Crippen LogP contribution in [0.25, 0.3) is 0 Å². The van der Waals surface area contributed by atoms with Gasteiger partial charge in [-0.05, 0) is 13.0 Å². The summed E-state index contributed by atoms with van der Waals surface area (Å²) in [4.78, 5) is 0. The second-order valence-corrected chi connectivity index (χ2v) is 3.47. The van der Waals surface area contributed by atoms with Crippen molar-refractivity contribution in [1.29, 1.82) is 0 Å². The van der Waals surface area contributed by atoms with Crippen LogP contribution < -0.4 is 5.73 Å². The molecule has 1 saturated heterocycles. The third kappa shape index (κ3) is 1.97. The molecule has 1 aliphatic heterocycles. The minimum absolute atomic E-state index is 0.238. The first-order valence-corrected chi connectivity index (χ1v) is 4.77. The van der Waals surface area contributed by atoms with Crippen LogP contribution in [0, 0.1) is 6.92 Å². The fraction of sp³-hybridized carbons (Fsp3) is 0.600. The van der Waals surface area contributed by atoms with E-state index in [1.165, 1.54) is 0 Å². The smallest absolute Gasteiger partial charge is 0.130 e. The second kappa shape index (κ2) is 4.13. The van der Waals surface area contributed by atoms with E-state index in [2.05, 4.69) is 0 Å². The molecule has 4 heteroatoms. The Bertz CT molecular complexity index is 304. The maximum absolute atomic E-state index is 5.54. The van der Waals surface area contributed by atoms with Gasteiger partial charge in [0.2, 0.25) is 0 Å². The Kier molecular flexibility index (Phi) is 2.86. The molecular weight excluding hydrogens is 182 g/mol. The largest absolute Gasteiger partial charge is 0.464 e. The summed E-state index contributed by atoms with van der Waals surface area (Å²) in [6.45, 7) is 4.34. The molecule has 0 aromatic carbocycles. The molecule has 2 N–H and O–H groups in total. The van der Waals surface area contributed by atoms with Gasteiger partial charge in [-0.1, -0.05) is 0 Å². The molecule has 2 rings (SSSR count). The highest BCUT2D eigenvalue weighted by molar-refractivity contribution is 5.19. The van der Waals surface area contributed by atoms with Gasteiger partial charge in [0, 0.05) is 12.1 Å². The van der Waals surface area contributed by atoms with Crippen LogP contribution in [0.2, 0.25) is 0 Å². The summed E-state index contributed by atoms with van der Waals surface area (Å²) >= 11 is 0. The lowest BCUT2D eigenvalue weighted by atomic mass is 10.2. The van der Waals surface area contributed by atoms with Gasteiger partial charge in [0.25, 0.3) is 0 Å². The van der Waals surface area contributed by atoms with Crippen molar-refractivity contribution in [3.05, 3.63) is 23.2 Å². The number of hydrogen-bond donors (Lipinski definition) is 1. The summed E-state index contributed by atoms with van der Waals surface area (Å²) in [6, 6.07) is 1.95. The fourth-order valence-corrected chi connectivity index (χ4v) is 1.37. The van der Waals surface area contributed by atoms with Crippen LogP contribution in [-0.2, 0) is 22.6 Å². The molecule has 0 spiro atoms. The third-order valence-corrected chi connectivity index (χ3v) is 2.36. The first-order chi connectivity index (χ1) is 6.79. The summed E-state index contributed by atoms with van der Waals surface area (Å²) in [5.41, 5.74) is 6.59. The van der Waals surface area contributed by atoms with Gasteiger partial charge >= 0.3 is 0 Å². The molecule has 1 aromatic rings. The number of furan rings is 1. The number of ether oxygens (including phenoxy) is 2. The molecule has 0 unspecified atom stereocenters. The third-order valence-electron chi connectivity index (χ3n) is 2.36. The van der Waals surface area contributed by atoms with E-state index in [-0.39, 0.29) is 6.10 Å². The maximum atomic E-state index is 5.54. The van der Waals surface area contributed by atoms with Crippen molar-refractivity contribution in [2.24, 2.45) is 5.73 Å². The molecule has 1 aliphatic rings. The number of hydrogen-bond acceptors (Lipinski definition) is 4. The van der Waals surface area contributed by atoms with Crippen molar-refractivity contribution < 1.29 is 13.9 Å². The Morgan fingerprint density at radius 3 is 2.86 bits per heavy atom. The first kappa shape index (κ1) is 9.71. The highest BCUT2D eigenvalue weighted by Gasteiger charge is 2.19. The van der Waals surface area contributed by atoms with E-state index in [0.717, 1.165) is 17.1 Å². The number of rotatable bonds is 4. The Hall–Kier alpha value is -0.840. The van der Waals surface area contributed by atoms with Crippen LogP contribution in [0.3, 0.4) is 0 Å². The van der Waals surface area contributed by atoms with Crippen molar-refractivity contribution in [3.8, 4) is 0 Å². The zero-order chi connectivity index (χ0) is 9.97. The van der Waals surface area contributed by atoms with Crippen LogP contribution in [0.1, 0.15) is 17.1 Å². The maximum Gasteiger partial charge on any atom is 0.130 e. The molecule has 0 amide bonds. The topological polar surface area (TPSA) is 57.6 Å². The molecule has 14 heavy (non-hydrogen) atoms. The Labute approximate surface area is 83.0 Å². The summed E-state index contributed by atoms with van der Waals surface area (Å²) in [6.07, 6.45) is 0.238. The van der Waals surface area contributed by atoms with E-state index in [4.69, 9.17) is 19.6 Å². The molecular formula is C10H15NO3. The van der Waals surface area contributed by atoms with Gasteiger partial charge in [-0.25, -0.2) is 0 Å². The summed E-state index contributed by atoms with van der Waals surface area (Å²) in [5.74, 6) is 1.73. The van der Waals surface area contributed by atoms with Crippen molar-refractivity contribution in [3.63, 3.8) is 0 Å². The fourth-order valence-electron chi connectivity index (χ4n) is 1.37. The minimum atomic E-state index is 0.238. The van der Waals surface area contributed by atoms with Crippen molar-refractivity contribution >= 4 is 0 Å². The molecule has 1 fully saturated rings. The zero-order valence-electron chi connectivity index (χ0n) is 8.29. The average molecular weight is 197 g/mol. The van der Waals surface area contributed by atoms with E-state index in [0.29, 0.717) is 26.4 Å². The van der Waals surface area contributed by atoms with Gasteiger partial charge in [0.1, 0.15) is 24.2 Å². The molecule has 1 aromatic heterocycles. The number of nitrogens with two attached hydrogens (primary N) is 1. The second-order valence-electron chi connectivity index (χ2n) is 3.47. The van der Waals surface area contributed by atoms with Gasteiger partial charge in [-0.2, -0.15) is 0 Å². The highest BCUT2D eigenvalue weighted by atomic mass is 16.6.